The molecular formula is C41H29F2I2N. The molecule has 0 amide bonds. The first-order valence-electron chi connectivity index (χ1n) is 15.3. The maximum atomic E-state index is 14.9. The quantitative estimate of drug-likeness (QED) is 0.120. The zero-order valence-corrected chi connectivity index (χ0v) is 29.4. The van der Waals surface area contributed by atoms with Crippen LogP contribution in [0.15, 0.2) is 115 Å². The third kappa shape index (κ3) is 5.12. The number of halogens is 4. The average molecular weight is 827 g/mol. The summed E-state index contributed by atoms with van der Waals surface area (Å²) in [5.41, 5.74) is 12.3. The van der Waals surface area contributed by atoms with E-state index in [1.807, 2.05) is 22.6 Å². The summed E-state index contributed by atoms with van der Waals surface area (Å²) in [5.74, 6) is -0.857. The third-order valence-corrected chi connectivity index (χ3v) is 11.9. The van der Waals surface area contributed by atoms with Crippen molar-refractivity contribution in [1.82, 2.24) is 4.57 Å². The van der Waals surface area contributed by atoms with E-state index in [1.54, 1.807) is 0 Å². The smallest absolute Gasteiger partial charge is 0.140 e. The molecule has 0 saturated heterocycles. The second-order valence-electron chi connectivity index (χ2n) is 12.1. The van der Waals surface area contributed by atoms with Crippen LogP contribution in [-0.4, -0.2) is 9.08 Å². The van der Waals surface area contributed by atoms with Gasteiger partial charge in [0.2, 0.25) is 0 Å². The Labute approximate surface area is 290 Å². The number of hydrogen-bond acceptors (Lipinski definition) is 0. The van der Waals surface area contributed by atoms with Gasteiger partial charge in [-0.2, -0.15) is 0 Å². The summed E-state index contributed by atoms with van der Waals surface area (Å²) < 4.78 is 37.9. The lowest BCUT2D eigenvalue weighted by atomic mass is 9.76. The lowest BCUT2D eigenvalue weighted by molar-refractivity contribution is 0.579. The first-order chi connectivity index (χ1) is 22.4. The summed E-state index contributed by atoms with van der Waals surface area (Å²) >= 11 is 1.70. The van der Waals surface area contributed by atoms with Crippen LogP contribution >= 0.6 is 43.3 Å². The Balaban J connectivity index is 1.34. The minimum Gasteiger partial charge on any atom is -0.309 e. The first kappa shape index (κ1) is 29.7. The van der Waals surface area contributed by atoms with Crippen LogP contribution in [0.5, 0.6) is 0 Å². The SMILES string of the molecule is C=Ic1ccc2c(c1)c1ccccc1n2-c1cc(CC2Cc3ccc(C)cc3-c3ccccc32)cc(-c2cc(F)cc(F)c2I)c1. The molecule has 0 bridgehead atoms. The average Bonchev–Trinajstić information content (AvgIpc) is 3.40. The summed E-state index contributed by atoms with van der Waals surface area (Å²) in [6.45, 7) is 2.15. The number of para-hydroxylation sites is 1. The Morgan fingerprint density at radius 3 is 2.46 bits per heavy atom. The van der Waals surface area contributed by atoms with Crippen molar-refractivity contribution in [2.24, 2.45) is 0 Å². The van der Waals surface area contributed by atoms with Crippen LogP contribution in [0, 0.1) is 25.7 Å². The number of nitrogens with zero attached hydrogens (tertiary/aromatic N) is 1. The third-order valence-electron chi connectivity index (χ3n) is 9.23. The predicted molar refractivity (Wildman–Crippen MR) is 205 cm³/mol. The van der Waals surface area contributed by atoms with E-state index in [2.05, 4.69) is 119 Å². The molecule has 226 valence electrons. The Morgan fingerprint density at radius 1 is 0.783 bits per heavy atom. The highest BCUT2D eigenvalue weighted by molar-refractivity contribution is 14.2. The normalized spacial score (nSPS) is 14.0. The molecular weight excluding hydrogens is 798 g/mol. The molecule has 0 N–H and O–H groups in total. The number of fused-ring (bicyclic) bond motifs is 6. The molecule has 1 heterocycles. The molecule has 6 aromatic carbocycles. The Bertz CT molecular complexity index is 2350. The van der Waals surface area contributed by atoms with Crippen LogP contribution in [0.1, 0.15) is 28.2 Å². The minimum absolute atomic E-state index is 0.263. The van der Waals surface area contributed by atoms with Crippen LogP contribution in [0.4, 0.5) is 8.78 Å². The molecule has 1 aromatic heterocycles. The van der Waals surface area contributed by atoms with E-state index >= 15 is 0 Å². The number of aryl methyl sites for hydroxylation is 1. The molecule has 0 saturated carbocycles. The van der Waals surface area contributed by atoms with Crippen molar-refractivity contribution in [3.05, 3.63) is 156 Å². The van der Waals surface area contributed by atoms with Crippen molar-refractivity contribution in [2.75, 3.05) is 0 Å². The minimum atomic E-state index is -0.575. The van der Waals surface area contributed by atoms with Gasteiger partial charge in [-0.1, -0.05) is 97.5 Å². The van der Waals surface area contributed by atoms with Crippen LogP contribution in [0.3, 0.4) is 0 Å². The van der Waals surface area contributed by atoms with E-state index in [9.17, 15) is 8.78 Å². The molecule has 8 rings (SSSR count). The van der Waals surface area contributed by atoms with Gasteiger partial charge in [0.05, 0.1) is 14.6 Å². The second-order valence-corrected chi connectivity index (χ2v) is 15.2. The molecule has 0 spiro atoms. The molecule has 0 radical (unpaired) electrons. The van der Waals surface area contributed by atoms with Crippen molar-refractivity contribution in [1.29, 1.82) is 0 Å². The van der Waals surface area contributed by atoms with Gasteiger partial charge in [0.15, 0.2) is 0 Å². The number of hydrogen-bond donors (Lipinski definition) is 0. The van der Waals surface area contributed by atoms with E-state index in [4.69, 9.17) is 0 Å². The van der Waals surface area contributed by atoms with Gasteiger partial charge in [0, 0.05) is 31.7 Å². The number of aromatic nitrogens is 1. The highest BCUT2D eigenvalue weighted by Crippen LogP contribution is 2.43. The summed E-state index contributed by atoms with van der Waals surface area (Å²) in [5, 5.41) is 2.38. The van der Waals surface area contributed by atoms with E-state index in [-0.39, 0.29) is 26.6 Å². The zero-order valence-electron chi connectivity index (χ0n) is 25.1. The molecule has 7 aromatic rings. The van der Waals surface area contributed by atoms with E-state index in [0.717, 1.165) is 46.8 Å². The monoisotopic (exact) mass is 827 g/mol. The molecule has 1 aliphatic carbocycles. The first-order valence-corrected chi connectivity index (χ1v) is 19.0. The number of rotatable bonds is 5. The number of benzene rings is 6. The Morgan fingerprint density at radius 2 is 1.59 bits per heavy atom. The van der Waals surface area contributed by atoms with Gasteiger partial charge in [-0.25, -0.2) is 8.78 Å². The lowest BCUT2D eigenvalue weighted by Gasteiger charge is -2.29. The fourth-order valence-corrected chi connectivity index (χ4v) is 8.80. The largest absolute Gasteiger partial charge is 0.309 e. The van der Waals surface area contributed by atoms with Crippen molar-refractivity contribution in [3.63, 3.8) is 0 Å². The van der Waals surface area contributed by atoms with Gasteiger partial charge in [-0.3, -0.25) is 0 Å². The highest BCUT2D eigenvalue weighted by atomic mass is 127. The van der Waals surface area contributed by atoms with Gasteiger partial charge < -0.3 is 4.57 Å². The molecule has 0 fully saturated rings. The van der Waals surface area contributed by atoms with Gasteiger partial charge in [0.25, 0.3) is 0 Å². The second kappa shape index (κ2) is 11.8. The molecule has 5 heteroatoms. The van der Waals surface area contributed by atoms with Crippen LogP contribution < -0.4 is 0 Å². The van der Waals surface area contributed by atoms with Crippen molar-refractivity contribution in [2.45, 2.75) is 25.7 Å². The van der Waals surface area contributed by atoms with E-state index in [1.165, 1.54) is 48.2 Å². The Kier molecular flexibility index (Phi) is 7.64. The van der Waals surface area contributed by atoms with Crippen LogP contribution in [0.2, 0.25) is 0 Å². The highest BCUT2D eigenvalue weighted by Gasteiger charge is 2.26. The van der Waals surface area contributed by atoms with Crippen LogP contribution in [-0.2, 0) is 12.8 Å². The summed E-state index contributed by atoms with van der Waals surface area (Å²) in [6, 6.07) is 39.6. The van der Waals surface area contributed by atoms with Gasteiger partial charge in [-0.15, -0.1) is 0 Å². The standard InChI is InChI=1S/C41H29F2I2N/c1-24-11-12-26-19-27(32-7-3-4-8-33(32)35(26)15-24)16-25-17-28(36-21-29(42)22-38(43)41(36)44)20-31(18-25)46-39-10-6-5-9-34(39)37-23-30(45-2)13-14-40(37)46/h3-15,17-18,20-23,27H,2,16,19H2,1H3. The van der Waals surface area contributed by atoms with Gasteiger partial charge >= 0.3 is 0 Å². The van der Waals surface area contributed by atoms with E-state index < -0.39 is 11.6 Å². The molecule has 1 unspecified atom stereocenters. The predicted octanol–water partition coefficient (Wildman–Crippen LogP) is 11.8. The molecule has 1 atom stereocenters. The van der Waals surface area contributed by atoms with Crippen molar-refractivity contribution < 1.29 is 8.78 Å². The zero-order chi connectivity index (χ0) is 31.5. The van der Waals surface area contributed by atoms with Crippen molar-refractivity contribution >= 4 is 69.6 Å². The molecule has 1 nitrogen and oxygen atoms in total. The fourth-order valence-electron chi connectivity index (χ4n) is 7.21. The van der Waals surface area contributed by atoms with Crippen LogP contribution in [0.25, 0.3) is 49.7 Å². The Hall–Kier alpha value is -3.69. The maximum absolute atomic E-state index is 14.9. The summed E-state index contributed by atoms with van der Waals surface area (Å²) in [4.78, 5) is 0. The topological polar surface area (TPSA) is 4.93 Å². The lowest BCUT2D eigenvalue weighted by Crippen LogP contribution is -2.14. The fraction of sp³-hybridized carbons (Fsp3) is 0.0976. The molecule has 0 aliphatic heterocycles. The summed E-state index contributed by atoms with van der Waals surface area (Å²) in [7, 11) is 0. The van der Waals surface area contributed by atoms with Crippen molar-refractivity contribution in [3.8, 4) is 27.9 Å². The maximum Gasteiger partial charge on any atom is 0.140 e. The molecule has 1 aliphatic rings. The van der Waals surface area contributed by atoms with Gasteiger partial charge in [0.1, 0.15) is 11.6 Å². The molecule has 46 heavy (non-hydrogen) atoms. The van der Waals surface area contributed by atoms with Gasteiger partial charge in [-0.05, 0) is 124 Å². The summed E-state index contributed by atoms with van der Waals surface area (Å²) in [6.07, 6.45) is 1.73. The van der Waals surface area contributed by atoms with E-state index in [0.29, 0.717) is 9.13 Å².